The minimum absolute atomic E-state index is 0.0769. The molecule has 2 rings (SSSR count). The summed E-state index contributed by atoms with van der Waals surface area (Å²) in [6.07, 6.45) is 3.67. The largest absolute Gasteiger partial charge is 0.324 e. The Morgan fingerprint density at radius 3 is 2.74 bits per heavy atom. The van der Waals surface area contributed by atoms with Crippen LogP contribution in [0.15, 0.2) is 29.8 Å². The molecule has 0 fully saturated rings. The molecule has 1 heterocycles. The Labute approximate surface area is 112 Å². The maximum absolute atomic E-state index is 8.85. The summed E-state index contributed by atoms with van der Waals surface area (Å²) in [5.41, 5.74) is 2.01. The van der Waals surface area contributed by atoms with Crippen LogP contribution in [0.4, 0.5) is 0 Å². The van der Waals surface area contributed by atoms with Gasteiger partial charge in [0.15, 0.2) is 0 Å². The number of imidazole rings is 1. The summed E-state index contributed by atoms with van der Waals surface area (Å²) in [5, 5.41) is 17.7. The number of nitrogens with zero attached hydrogens (tertiary/aromatic N) is 4. The first-order chi connectivity index (χ1) is 9.30. The topological polar surface area (TPSA) is 65.4 Å². The zero-order valence-electron chi connectivity index (χ0n) is 10.8. The van der Waals surface area contributed by atoms with Crippen molar-refractivity contribution in [1.82, 2.24) is 9.55 Å². The van der Waals surface area contributed by atoms with Crippen LogP contribution in [0.1, 0.15) is 25.6 Å². The van der Waals surface area contributed by atoms with Crippen molar-refractivity contribution < 1.29 is 0 Å². The average Bonchev–Trinajstić information content (AvgIpc) is 2.79. The Bertz CT molecular complexity index is 679. The fourth-order valence-electron chi connectivity index (χ4n) is 1.97. The van der Waals surface area contributed by atoms with Crippen molar-refractivity contribution in [2.75, 3.05) is 0 Å². The van der Waals surface area contributed by atoms with Gasteiger partial charge in [0.25, 0.3) is 0 Å². The molecule has 94 valence electrons. The van der Waals surface area contributed by atoms with Crippen LogP contribution in [-0.4, -0.2) is 9.55 Å². The molecule has 4 nitrogen and oxygen atoms in total. The number of nitriles is 2. The second-order valence-electron chi connectivity index (χ2n) is 4.25. The minimum Gasteiger partial charge on any atom is -0.324 e. The Morgan fingerprint density at radius 1 is 1.32 bits per heavy atom. The SMILES string of the molecule is CCCCn1c(C=C(C#N)C#N)nc2ccccc21. The van der Waals surface area contributed by atoms with Crippen LogP contribution >= 0.6 is 0 Å². The highest BCUT2D eigenvalue weighted by molar-refractivity contribution is 5.78. The molecule has 19 heavy (non-hydrogen) atoms. The molecule has 0 radical (unpaired) electrons. The van der Waals surface area contributed by atoms with Gasteiger partial charge in [-0.3, -0.25) is 0 Å². The number of benzene rings is 1. The second-order valence-corrected chi connectivity index (χ2v) is 4.25. The van der Waals surface area contributed by atoms with Gasteiger partial charge in [-0.2, -0.15) is 10.5 Å². The van der Waals surface area contributed by atoms with Crippen molar-refractivity contribution in [1.29, 1.82) is 10.5 Å². The number of aryl methyl sites for hydroxylation is 1. The highest BCUT2D eigenvalue weighted by Gasteiger charge is 2.08. The van der Waals surface area contributed by atoms with E-state index in [0.717, 1.165) is 30.4 Å². The minimum atomic E-state index is 0.0769. The van der Waals surface area contributed by atoms with Gasteiger partial charge < -0.3 is 4.57 Å². The fourth-order valence-corrected chi connectivity index (χ4v) is 1.97. The highest BCUT2D eigenvalue weighted by Crippen LogP contribution is 2.18. The number of rotatable bonds is 4. The molecule has 0 bridgehead atoms. The lowest BCUT2D eigenvalue weighted by Gasteiger charge is -2.05. The van der Waals surface area contributed by atoms with Crippen molar-refractivity contribution >= 4 is 17.1 Å². The van der Waals surface area contributed by atoms with Crippen molar-refractivity contribution in [2.24, 2.45) is 0 Å². The van der Waals surface area contributed by atoms with E-state index in [4.69, 9.17) is 10.5 Å². The molecular weight excluding hydrogens is 236 g/mol. The predicted molar refractivity (Wildman–Crippen MR) is 73.8 cm³/mol. The number of fused-ring (bicyclic) bond motifs is 1. The Balaban J connectivity index is 2.57. The van der Waals surface area contributed by atoms with Gasteiger partial charge in [0.05, 0.1) is 11.0 Å². The standard InChI is InChI=1S/C15H14N4/c1-2-3-8-19-14-7-5-4-6-13(14)18-15(19)9-12(10-16)11-17/h4-7,9H,2-3,8H2,1H3. The first-order valence-corrected chi connectivity index (χ1v) is 6.27. The van der Waals surface area contributed by atoms with Crippen molar-refractivity contribution in [2.45, 2.75) is 26.3 Å². The lowest BCUT2D eigenvalue weighted by Crippen LogP contribution is -2.00. The zero-order chi connectivity index (χ0) is 13.7. The lowest BCUT2D eigenvalue weighted by molar-refractivity contribution is 0.641. The quantitative estimate of drug-likeness (QED) is 0.782. The van der Waals surface area contributed by atoms with Crippen LogP contribution in [-0.2, 0) is 6.54 Å². The molecule has 1 aromatic carbocycles. The average molecular weight is 250 g/mol. The smallest absolute Gasteiger partial charge is 0.135 e. The van der Waals surface area contributed by atoms with Crippen LogP contribution in [0, 0.1) is 22.7 Å². The molecule has 0 aliphatic heterocycles. The Kier molecular flexibility index (Phi) is 3.95. The van der Waals surface area contributed by atoms with Crippen LogP contribution in [0.3, 0.4) is 0 Å². The summed E-state index contributed by atoms with van der Waals surface area (Å²) < 4.78 is 2.06. The molecule has 0 amide bonds. The third-order valence-corrected chi connectivity index (χ3v) is 2.93. The summed E-state index contributed by atoms with van der Waals surface area (Å²) >= 11 is 0. The van der Waals surface area contributed by atoms with Crippen LogP contribution in [0.5, 0.6) is 0 Å². The molecule has 0 aliphatic carbocycles. The summed E-state index contributed by atoms with van der Waals surface area (Å²) in [6.45, 7) is 2.97. The molecular formula is C15H14N4. The Morgan fingerprint density at radius 2 is 2.05 bits per heavy atom. The molecule has 2 aromatic rings. The fraction of sp³-hybridized carbons (Fsp3) is 0.267. The third-order valence-electron chi connectivity index (χ3n) is 2.93. The van der Waals surface area contributed by atoms with Crippen LogP contribution in [0.2, 0.25) is 0 Å². The zero-order valence-corrected chi connectivity index (χ0v) is 10.8. The number of para-hydroxylation sites is 2. The second kappa shape index (κ2) is 5.84. The molecule has 0 spiro atoms. The highest BCUT2D eigenvalue weighted by atomic mass is 15.1. The third kappa shape index (κ3) is 2.64. The summed E-state index contributed by atoms with van der Waals surface area (Å²) in [5.74, 6) is 0.674. The molecule has 0 saturated carbocycles. The van der Waals surface area contributed by atoms with Gasteiger partial charge in [0, 0.05) is 12.6 Å². The van der Waals surface area contributed by atoms with E-state index in [-0.39, 0.29) is 5.57 Å². The summed E-state index contributed by atoms with van der Waals surface area (Å²) in [7, 11) is 0. The maximum Gasteiger partial charge on any atom is 0.135 e. The van der Waals surface area contributed by atoms with E-state index in [0.29, 0.717) is 5.82 Å². The van der Waals surface area contributed by atoms with E-state index < -0.39 is 0 Å². The van der Waals surface area contributed by atoms with Gasteiger partial charge in [-0.05, 0) is 18.6 Å². The molecule has 0 unspecified atom stereocenters. The van der Waals surface area contributed by atoms with Crippen LogP contribution in [0.25, 0.3) is 17.1 Å². The van der Waals surface area contributed by atoms with Gasteiger partial charge in [-0.15, -0.1) is 0 Å². The first-order valence-electron chi connectivity index (χ1n) is 6.27. The van der Waals surface area contributed by atoms with E-state index in [1.165, 1.54) is 0 Å². The first kappa shape index (κ1) is 12.9. The van der Waals surface area contributed by atoms with Gasteiger partial charge in [0.2, 0.25) is 0 Å². The number of hydrogen-bond acceptors (Lipinski definition) is 3. The van der Waals surface area contributed by atoms with Gasteiger partial charge in [-0.1, -0.05) is 25.5 Å². The van der Waals surface area contributed by atoms with E-state index in [1.54, 1.807) is 6.08 Å². The lowest BCUT2D eigenvalue weighted by atomic mass is 10.2. The van der Waals surface area contributed by atoms with E-state index >= 15 is 0 Å². The van der Waals surface area contributed by atoms with E-state index in [2.05, 4.69) is 16.5 Å². The molecule has 0 N–H and O–H groups in total. The van der Waals surface area contributed by atoms with Crippen LogP contribution < -0.4 is 0 Å². The molecule has 0 saturated heterocycles. The van der Waals surface area contributed by atoms with Crippen molar-refractivity contribution in [3.05, 3.63) is 35.7 Å². The number of allylic oxidation sites excluding steroid dienone is 1. The monoisotopic (exact) mass is 250 g/mol. The molecule has 4 heteroatoms. The molecule has 0 atom stereocenters. The normalized spacial score (nSPS) is 9.84. The maximum atomic E-state index is 8.85. The van der Waals surface area contributed by atoms with Gasteiger partial charge >= 0.3 is 0 Å². The van der Waals surface area contributed by atoms with E-state index in [1.807, 2.05) is 36.4 Å². The van der Waals surface area contributed by atoms with Gasteiger partial charge in [-0.25, -0.2) is 4.98 Å². The molecule has 1 aromatic heterocycles. The number of aromatic nitrogens is 2. The van der Waals surface area contributed by atoms with Crippen molar-refractivity contribution in [3.8, 4) is 12.1 Å². The van der Waals surface area contributed by atoms with E-state index in [9.17, 15) is 0 Å². The summed E-state index contributed by atoms with van der Waals surface area (Å²) in [4.78, 5) is 4.49. The van der Waals surface area contributed by atoms with Crippen molar-refractivity contribution in [3.63, 3.8) is 0 Å². The summed E-state index contributed by atoms with van der Waals surface area (Å²) in [6, 6.07) is 11.6. The van der Waals surface area contributed by atoms with Gasteiger partial charge in [0.1, 0.15) is 23.5 Å². The molecule has 0 aliphatic rings. The number of unbranched alkanes of at least 4 members (excludes halogenated alkanes) is 1. The Hall–Kier alpha value is -2.59. The predicted octanol–water partition coefficient (Wildman–Crippen LogP) is 3.27. The number of hydrogen-bond donors (Lipinski definition) is 0.